The molecule has 3 rings (SSSR count). The lowest BCUT2D eigenvalue weighted by atomic mass is 10.1. The molecule has 1 aromatic heterocycles. The molecule has 0 atom stereocenters. The van der Waals surface area contributed by atoms with Gasteiger partial charge in [-0.25, -0.2) is 0 Å². The molecule has 26 heavy (non-hydrogen) atoms. The summed E-state index contributed by atoms with van der Waals surface area (Å²) in [6.45, 7) is 7.85. The van der Waals surface area contributed by atoms with E-state index < -0.39 is 11.8 Å². The topological polar surface area (TPSA) is 92.3 Å². The zero-order valence-electron chi connectivity index (χ0n) is 14.5. The first-order chi connectivity index (χ1) is 12.4. The summed E-state index contributed by atoms with van der Waals surface area (Å²) >= 11 is 1.32. The normalized spacial score (nSPS) is 13.3. The van der Waals surface area contributed by atoms with Gasteiger partial charge in [-0.2, -0.15) is 0 Å². The Hall–Kier alpha value is -2.87. The van der Waals surface area contributed by atoms with Gasteiger partial charge in [0, 0.05) is 18.5 Å². The van der Waals surface area contributed by atoms with Gasteiger partial charge in [0.15, 0.2) is 0 Å². The van der Waals surface area contributed by atoms with Crippen LogP contribution in [0.15, 0.2) is 30.9 Å². The largest absolute Gasteiger partial charge is 0.296 e. The predicted molar refractivity (Wildman–Crippen MR) is 98.4 cm³/mol. The highest BCUT2D eigenvalue weighted by Crippen LogP contribution is 2.25. The van der Waals surface area contributed by atoms with Gasteiger partial charge in [-0.15, -0.1) is 16.8 Å². The van der Waals surface area contributed by atoms with Crippen molar-refractivity contribution in [2.45, 2.75) is 20.3 Å². The van der Waals surface area contributed by atoms with Crippen molar-refractivity contribution in [3.8, 4) is 0 Å². The fraction of sp³-hybridized carbons (Fsp3) is 0.278. The number of imide groups is 1. The highest BCUT2D eigenvalue weighted by atomic mass is 32.1. The molecule has 134 valence electrons. The molecule has 1 N–H and O–H groups in total. The van der Waals surface area contributed by atoms with Gasteiger partial charge in [0.1, 0.15) is 5.01 Å². The molecule has 2 aromatic rings. The van der Waals surface area contributed by atoms with Crippen LogP contribution < -0.4 is 5.32 Å². The average Bonchev–Trinajstić information content (AvgIpc) is 3.12. The fourth-order valence-corrected chi connectivity index (χ4v) is 3.58. The molecule has 1 aromatic carbocycles. The van der Waals surface area contributed by atoms with Crippen molar-refractivity contribution in [2.24, 2.45) is 5.92 Å². The molecule has 0 bridgehead atoms. The Labute approximate surface area is 154 Å². The maximum absolute atomic E-state index is 12.4. The monoisotopic (exact) mass is 370 g/mol. The molecule has 0 unspecified atom stereocenters. The molecule has 1 aliphatic heterocycles. The van der Waals surface area contributed by atoms with Gasteiger partial charge in [0.25, 0.3) is 17.7 Å². The van der Waals surface area contributed by atoms with Gasteiger partial charge in [0.05, 0.1) is 11.1 Å². The van der Waals surface area contributed by atoms with E-state index in [-0.39, 0.29) is 23.6 Å². The van der Waals surface area contributed by atoms with Crippen LogP contribution in [0.3, 0.4) is 0 Å². The van der Waals surface area contributed by atoms with Gasteiger partial charge in [-0.05, 0) is 24.1 Å². The number of nitrogens with zero attached hydrogens (tertiary/aromatic N) is 3. The molecule has 7 nitrogen and oxygen atoms in total. The number of anilines is 1. The summed E-state index contributed by atoms with van der Waals surface area (Å²) < 4.78 is 0. The van der Waals surface area contributed by atoms with Crippen LogP contribution in [0, 0.1) is 5.92 Å². The van der Waals surface area contributed by atoms with Crippen molar-refractivity contribution in [2.75, 3.05) is 11.9 Å². The summed E-state index contributed by atoms with van der Waals surface area (Å²) in [5, 5.41) is 12.0. The minimum Gasteiger partial charge on any atom is -0.296 e. The number of benzene rings is 1. The first kappa shape index (κ1) is 17.9. The van der Waals surface area contributed by atoms with Crippen LogP contribution in [0.1, 0.15) is 49.9 Å². The standard InChI is InChI=1S/C18H18N4O3S/c1-4-7-22-16(24)12-6-5-11(9-13(12)17(22)25)15(23)19-18-21-20-14(26-18)8-10(2)3/h4-6,9-10H,1,7-8H2,2-3H3,(H,19,21,23). The lowest BCUT2D eigenvalue weighted by molar-refractivity contribution is 0.0672. The molecule has 0 radical (unpaired) electrons. The SMILES string of the molecule is C=CCN1C(=O)c2ccc(C(=O)Nc3nnc(CC(C)C)s3)cc2C1=O. The lowest BCUT2D eigenvalue weighted by Crippen LogP contribution is -2.29. The van der Waals surface area contributed by atoms with E-state index in [1.54, 1.807) is 0 Å². The smallest absolute Gasteiger partial charge is 0.261 e. The molecule has 8 heteroatoms. The molecule has 0 saturated heterocycles. The third-order valence-corrected chi connectivity index (χ3v) is 4.68. The van der Waals surface area contributed by atoms with Gasteiger partial charge in [-0.3, -0.25) is 24.6 Å². The molecular weight excluding hydrogens is 352 g/mol. The maximum atomic E-state index is 12.4. The predicted octanol–water partition coefficient (Wildman–Crippen LogP) is 2.77. The van der Waals surface area contributed by atoms with E-state index in [1.807, 2.05) is 0 Å². The van der Waals surface area contributed by atoms with Crippen LogP contribution in [-0.2, 0) is 6.42 Å². The minimum atomic E-state index is -0.422. The van der Waals surface area contributed by atoms with Crippen molar-refractivity contribution < 1.29 is 14.4 Å². The highest BCUT2D eigenvalue weighted by Gasteiger charge is 2.35. The van der Waals surface area contributed by atoms with Crippen molar-refractivity contribution in [1.82, 2.24) is 15.1 Å². The average molecular weight is 370 g/mol. The van der Waals surface area contributed by atoms with Gasteiger partial charge < -0.3 is 0 Å². The highest BCUT2D eigenvalue weighted by molar-refractivity contribution is 7.15. The van der Waals surface area contributed by atoms with Gasteiger partial charge in [-0.1, -0.05) is 31.3 Å². The number of hydrogen-bond acceptors (Lipinski definition) is 6. The van der Waals surface area contributed by atoms with E-state index in [1.165, 1.54) is 35.6 Å². The maximum Gasteiger partial charge on any atom is 0.261 e. The summed E-state index contributed by atoms with van der Waals surface area (Å²) in [6.07, 6.45) is 2.28. The summed E-state index contributed by atoms with van der Waals surface area (Å²) in [6, 6.07) is 4.45. The van der Waals surface area contributed by atoms with Crippen LogP contribution in [0.5, 0.6) is 0 Å². The quantitative estimate of drug-likeness (QED) is 0.623. The Morgan fingerprint density at radius 3 is 2.69 bits per heavy atom. The Bertz CT molecular complexity index is 904. The summed E-state index contributed by atoms with van der Waals surface area (Å²) in [5.74, 6) is -0.748. The zero-order valence-corrected chi connectivity index (χ0v) is 15.3. The number of carbonyl (C=O) groups is 3. The molecule has 1 aliphatic rings. The number of aromatic nitrogens is 2. The van der Waals surface area contributed by atoms with E-state index in [9.17, 15) is 14.4 Å². The third-order valence-electron chi connectivity index (χ3n) is 3.81. The van der Waals surface area contributed by atoms with Crippen LogP contribution in [-0.4, -0.2) is 39.4 Å². The Kier molecular flexibility index (Phi) is 4.94. The van der Waals surface area contributed by atoms with Crippen LogP contribution in [0.25, 0.3) is 0 Å². The molecule has 0 aliphatic carbocycles. The summed E-state index contributed by atoms with van der Waals surface area (Å²) in [5.41, 5.74) is 0.803. The van der Waals surface area contributed by atoms with Gasteiger partial charge >= 0.3 is 0 Å². The second-order valence-corrected chi connectivity index (χ2v) is 7.39. The number of nitrogens with one attached hydrogen (secondary N) is 1. The van der Waals surface area contributed by atoms with Gasteiger partial charge in [0.2, 0.25) is 5.13 Å². The number of amides is 3. The number of carbonyl (C=O) groups excluding carboxylic acids is 3. The first-order valence-electron chi connectivity index (χ1n) is 8.15. The fourth-order valence-electron chi connectivity index (χ4n) is 2.63. The van der Waals surface area contributed by atoms with Crippen LogP contribution >= 0.6 is 11.3 Å². The first-order valence-corrected chi connectivity index (χ1v) is 8.97. The zero-order chi connectivity index (χ0) is 18.8. The lowest BCUT2D eigenvalue weighted by Gasteiger charge is -2.09. The molecule has 0 saturated carbocycles. The van der Waals surface area contributed by atoms with E-state index in [0.29, 0.717) is 16.6 Å². The van der Waals surface area contributed by atoms with E-state index >= 15 is 0 Å². The number of hydrogen-bond donors (Lipinski definition) is 1. The molecule has 0 fully saturated rings. The number of fused-ring (bicyclic) bond motifs is 1. The molecule has 0 spiro atoms. The van der Waals surface area contributed by atoms with E-state index in [4.69, 9.17) is 0 Å². The van der Waals surface area contributed by atoms with Crippen LogP contribution in [0.4, 0.5) is 5.13 Å². The van der Waals surface area contributed by atoms with E-state index in [2.05, 4.69) is 35.9 Å². The minimum absolute atomic E-state index is 0.136. The van der Waals surface area contributed by atoms with Crippen molar-refractivity contribution in [3.05, 3.63) is 52.6 Å². The Morgan fingerprint density at radius 1 is 1.27 bits per heavy atom. The third kappa shape index (κ3) is 3.41. The Balaban J connectivity index is 1.78. The summed E-state index contributed by atoms with van der Waals surface area (Å²) in [7, 11) is 0. The molecule has 3 amide bonds. The van der Waals surface area contributed by atoms with Crippen LogP contribution in [0.2, 0.25) is 0 Å². The Morgan fingerprint density at radius 2 is 2.00 bits per heavy atom. The molecule has 2 heterocycles. The second-order valence-electron chi connectivity index (χ2n) is 6.32. The molecular formula is C18H18N4O3S. The van der Waals surface area contributed by atoms with Crippen molar-refractivity contribution in [3.63, 3.8) is 0 Å². The summed E-state index contributed by atoms with van der Waals surface area (Å²) in [4.78, 5) is 38.1. The van der Waals surface area contributed by atoms with Crippen molar-refractivity contribution in [1.29, 1.82) is 0 Å². The van der Waals surface area contributed by atoms with E-state index in [0.717, 1.165) is 16.3 Å². The van der Waals surface area contributed by atoms with Crippen molar-refractivity contribution >= 4 is 34.2 Å². The number of rotatable bonds is 6. The second kappa shape index (κ2) is 7.17.